The number of carboxylic acids is 1. The number of methoxy groups -OCH3 is 1. The first-order valence-corrected chi connectivity index (χ1v) is 11.8. The van der Waals surface area contributed by atoms with Crippen molar-refractivity contribution in [3.8, 4) is 11.6 Å². The number of carboxylic acid groups (broad SMARTS) is 1. The highest BCUT2D eigenvalue weighted by atomic mass is 16.5. The van der Waals surface area contributed by atoms with E-state index in [1.165, 1.54) is 20.0 Å². The van der Waals surface area contributed by atoms with Crippen LogP contribution in [0.25, 0.3) is 10.9 Å². The summed E-state index contributed by atoms with van der Waals surface area (Å²) in [7, 11) is 1.52. The third kappa shape index (κ3) is 5.31. The zero-order chi connectivity index (χ0) is 24.9. The van der Waals surface area contributed by atoms with Crippen LogP contribution in [0.2, 0.25) is 0 Å². The Hall–Kier alpha value is -3.81. The Balaban J connectivity index is 1.67. The van der Waals surface area contributed by atoms with Crippen LogP contribution >= 0.6 is 0 Å². The number of nitrogens with zero attached hydrogens (tertiary/aromatic N) is 2. The van der Waals surface area contributed by atoms with E-state index in [9.17, 15) is 14.7 Å². The van der Waals surface area contributed by atoms with Crippen molar-refractivity contribution in [3.05, 3.63) is 59.7 Å². The number of benzene rings is 2. The molecule has 0 atom stereocenters. The molecular weight excluding hydrogens is 446 g/mol. The first kappa shape index (κ1) is 24.3. The minimum Gasteiger partial charge on any atom is -0.496 e. The number of rotatable bonds is 10. The van der Waals surface area contributed by atoms with E-state index in [-0.39, 0.29) is 11.5 Å². The van der Waals surface area contributed by atoms with Crippen LogP contribution in [0.1, 0.15) is 53.6 Å². The van der Waals surface area contributed by atoms with Gasteiger partial charge in [-0.1, -0.05) is 31.6 Å². The average Bonchev–Trinajstić information content (AvgIpc) is 3.45. The van der Waals surface area contributed by atoms with Gasteiger partial charge in [0.25, 0.3) is 0 Å². The smallest absolute Gasteiger partial charge is 0.336 e. The number of ether oxygens (including phenoxy) is 2. The van der Waals surface area contributed by atoms with E-state index in [4.69, 9.17) is 9.47 Å². The monoisotopic (exact) mass is 477 g/mol. The summed E-state index contributed by atoms with van der Waals surface area (Å²) in [4.78, 5) is 24.1. The SMILES string of the molecule is C=CCOc1nn(Cc2ccc(C(=O)O)c(C)c2OC)c2cc(NC(=O)CC3CCCC3)ccc12. The molecule has 8 nitrogen and oxygen atoms in total. The molecule has 3 aromatic rings. The van der Waals surface area contributed by atoms with Crippen molar-refractivity contribution in [3.63, 3.8) is 0 Å². The summed E-state index contributed by atoms with van der Waals surface area (Å²) in [5.41, 5.74) is 3.01. The average molecular weight is 478 g/mol. The van der Waals surface area contributed by atoms with Gasteiger partial charge in [-0.05, 0) is 49.9 Å². The molecule has 1 heterocycles. The molecule has 184 valence electrons. The number of hydrogen-bond donors (Lipinski definition) is 2. The second kappa shape index (κ2) is 10.6. The van der Waals surface area contributed by atoms with Crippen LogP contribution in [0.5, 0.6) is 11.6 Å². The van der Waals surface area contributed by atoms with E-state index in [2.05, 4.69) is 17.0 Å². The summed E-state index contributed by atoms with van der Waals surface area (Å²) in [6.45, 7) is 6.07. The zero-order valence-corrected chi connectivity index (χ0v) is 20.2. The number of nitrogens with one attached hydrogen (secondary N) is 1. The molecular formula is C27H31N3O5. The molecule has 35 heavy (non-hydrogen) atoms. The highest BCUT2D eigenvalue weighted by molar-refractivity contribution is 5.95. The third-order valence-electron chi connectivity index (χ3n) is 6.53. The van der Waals surface area contributed by atoms with Gasteiger partial charge in [-0.3, -0.25) is 9.48 Å². The second-order valence-corrected chi connectivity index (χ2v) is 8.93. The Bertz CT molecular complexity index is 1260. The Morgan fingerprint density at radius 3 is 2.71 bits per heavy atom. The summed E-state index contributed by atoms with van der Waals surface area (Å²) in [6.07, 6.45) is 6.83. The highest BCUT2D eigenvalue weighted by Gasteiger charge is 2.20. The van der Waals surface area contributed by atoms with Gasteiger partial charge in [0, 0.05) is 23.2 Å². The predicted molar refractivity (Wildman–Crippen MR) is 134 cm³/mol. The number of aromatic nitrogens is 2. The number of hydrogen-bond acceptors (Lipinski definition) is 5. The van der Waals surface area contributed by atoms with Crippen LogP contribution in [0, 0.1) is 12.8 Å². The van der Waals surface area contributed by atoms with Crippen molar-refractivity contribution in [2.45, 2.75) is 45.6 Å². The summed E-state index contributed by atoms with van der Waals surface area (Å²) >= 11 is 0. The molecule has 1 fully saturated rings. The molecule has 2 N–H and O–H groups in total. The molecule has 2 aromatic carbocycles. The van der Waals surface area contributed by atoms with Crippen molar-refractivity contribution in [2.24, 2.45) is 5.92 Å². The van der Waals surface area contributed by atoms with Crippen LogP contribution in [0.3, 0.4) is 0 Å². The molecule has 1 aliphatic rings. The number of amides is 1. The van der Waals surface area contributed by atoms with Gasteiger partial charge < -0.3 is 19.9 Å². The van der Waals surface area contributed by atoms with Gasteiger partial charge in [0.1, 0.15) is 12.4 Å². The number of aromatic carboxylic acids is 1. The molecule has 1 amide bonds. The van der Waals surface area contributed by atoms with E-state index < -0.39 is 5.97 Å². The van der Waals surface area contributed by atoms with Crippen molar-refractivity contribution in [2.75, 3.05) is 19.0 Å². The molecule has 0 saturated heterocycles. The molecule has 0 radical (unpaired) electrons. The summed E-state index contributed by atoms with van der Waals surface area (Å²) in [5.74, 6) is 0.444. The lowest BCUT2D eigenvalue weighted by Crippen LogP contribution is -2.15. The number of anilines is 1. The van der Waals surface area contributed by atoms with Gasteiger partial charge in [0.15, 0.2) is 0 Å². The summed E-state index contributed by atoms with van der Waals surface area (Å²) in [5, 5.41) is 17.9. The predicted octanol–water partition coefficient (Wildman–Crippen LogP) is 5.18. The van der Waals surface area contributed by atoms with Gasteiger partial charge in [-0.25, -0.2) is 4.79 Å². The fraction of sp³-hybridized carbons (Fsp3) is 0.370. The van der Waals surface area contributed by atoms with Crippen LogP contribution in [-0.2, 0) is 11.3 Å². The number of fused-ring (bicyclic) bond motifs is 1. The van der Waals surface area contributed by atoms with Crippen molar-refractivity contribution < 1.29 is 24.2 Å². The fourth-order valence-corrected chi connectivity index (χ4v) is 4.82. The molecule has 0 unspecified atom stereocenters. The van der Waals surface area contributed by atoms with Crippen LogP contribution in [-0.4, -0.2) is 40.5 Å². The fourth-order valence-electron chi connectivity index (χ4n) is 4.82. The molecule has 0 spiro atoms. The summed E-state index contributed by atoms with van der Waals surface area (Å²) < 4.78 is 13.1. The Kier molecular flexibility index (Phi) is 7.39. The van der Waals surface area contributed by atoms with E-state index in [0.29, 0.717) is 48.4 Å². The van der Waals surface area contributed by atoms with Crippen LogP contribution in [0.15, 0.2) is 43.0 Å². The van der Waals surface area contributed by atoms with Crippen molar-refractivity contribution in [1.82, 2.24) is 9.78 Å². The van der Waals surface area contributed by atoms with E-state index in [0.717, 1.165) is 29.3 Å². The standard InChI is InChI=1S/C27H31N3O5/c1-4-13-35-26-22-12-10-20(28-24(31)14-18-7-5-6-8-18)15-23(22)30(29-26)16-19-9-11-21(27(32)33)17(2)25(19)34-3/h4,9-12,15,18H,1,5-8,13-14,16H2,2-3H3,(H,28,31)(H,32,33). The first-order valence-electron chi connectivity index (χ1n) is 11.8. The minimum atomic E-state index is -1.00. The topological polar surface area (TPSA) is 103 Å². The molecule has 4 rings (SSSR count). The number of carbonyl (C=O) groups excluding carboxylic acids is 1. The molecule has 8 heteroatoms. The lowest BCUT2D eigenvalue weighted by Gasteiger charge is -2.14. The van der Waals surface area contributed by atoms with E-state index in [1.807, 2.05) is 18.2 Å². The largest absolute Gasteiger partial charge is 0.496 e. The summed E-state index contributed by atoms with van der Waals surface area (Å²) in [6, 6.07) is 8.94. The van der Waals surface area contributed by atoms with E-state index in [1.54, 1.807) is 29.8 Å². The molecule has 1 aliphatic carbocycles. The quantitative estimate of drug-likeness (QED) is 0.390. The van der Waals surface area contributed by atoms with Gasteiger partial charge in [-0.2, -0.15) is 0 Å². The maximum absolute atomic E-state index is 12.6. The minimum absolute atomic E-state index is 0.0204. The lowest BCUT2D eigenvalue weighted by molar-refractivity contribution is -0.117. The Morgan fingerprint density at radius 2 is 2.03 bits per heavy atom. The third-order valence-corrected chi connectivity index (χ3v) is 6.53. The van der Waals surface area contributed by atoms with Gasteiger partial charge in [-0.15, -0.1) is 5.10 Å². The number of carbonyl (C=O) groups is 2. The van der Waals surface area contributed by atoms with Crippen molar-refractivity contribution >= 4 is 28.5 Å². The van der Waals surface area contributed by atoms with Crippen LogP contribution in [0.4, 0.5) is 5.69 Å². The Morgan fingerprint density at radius 1 is 1.26 bits per heavy atom. The second-order valence-electron chi connectivity index (χ2n) is 8.93. The first-order chi connectivity index (χ1) is 16.9. The lowest BCUT2D eigenvalue weighted by atomic mass is 10.0. The Labute approximate surface area is 204 Å². The zero-order valence-electron chi connectivity index (χ0n) is 20.2. The van der Waals surface area contributed by atoms with Gasteiger partial charge in [0.05, 0.1) is 30.1 Å². The maximum atomic E-state index is 12.6. The van der Waals surface area contributed by atoms with Gasteiger partial charge >= 0.3 is 5.97 Å². The molecule has 1 aromatic heterocycles. The molecule has 1 saturated carbocycles. The molecule has 0 aliphatic heterocycles. The van der Waals surface area contributed by atoms with Gasteiger partial charge in [0.2, 0.25) is 11.8 Å². The van der Waals surface area contributed by atoms with E-state index >= 15 is 0 Å². The highest BCUT2D eigenvalue weighted by Crippen LogP contribution is 2.32. The van der Waals surface area contributed by atoms with Crippen molar-refractivity contribution in [1.29, 1.82) is 0 Å². The maximum Gasteiger partial charge on any atom is 0.336 e. The normalized spacial score (nSPS) is 13.7. The molecule has 0 bridgehead atoms. The van der Waals surface area contributed by atoms with Crippen LogP contribution < -0.4 is 14.8 Å².